The number of ketones is 1. The van der Waals surface area contributed by atoms with Crippen LogP contribution < -0.4 is 4.72 Å². The predicted octanol–water partition coefficient (Wildman–Crippen LogP) is 2.79. The number of nitrogens with one attached hydrogen (secondary N) is 1. The summed E-state index contributed by atoms with van der Waals surface area (Å²) >= 11 is 0. The highest BCUT2D eigenvalue weighted by molar-refractivity contribution is 7.92. The Kier molecular flexibility index (Phi) is 5.58. The summed E-state index contributed by atoms with van der Waals surface area (Å²) in [4.78, 5) is 24.4. The Labute approximate surface area is 146 Å². The maximum atomic E-state index is 12.3. The minimum Gasteiger partial charge on any atom is -0.451 e. The van der Waals surface area contributed by atoms with Crippen molar-refractivity contribution in [1.29, 1.82) is 0 Å². The fourth-order valence-electron chi connectivity index (χ4n) is 2.12. The number of carbonyl (C=O) groups excluding carboxylic acids is 2. The van der Waals surface area contributed by atoms with Gasteiger partial charge in [-0.3, -0.25) is 9.52 Å². The van der Waals surface area contributed by atoms with Gasteiger partial charge < -0.3 is 4.74 Å². The fraction of sp³-hybridized carbons (Fsp3) is 0.222. The van der Waals surface area contributed by atoms with Crippen molar-refractivity contribution in [2.45, 2.75) is 20.0 Å². The van der Waals surface area contributed by atoms with E-state index in [9.17, 15) is 18.0 Å². The third kappa shape index (κ3) is 5.42. The Hall–Kier alpha value is -2.67. The maximum absolute atomic E-state index is 12.3. The lowest BCUT2D eigenvalue weighted by Crippen LogP contribution is -2.24. The molecule has 1 unspecified atom stereocenters. The van der Waals surface area contributed by atoms with E-state index in [2.05, 4.69) is 4.72 Å². The molecule has 0 spiro atoms. The van der Waals surface area contributed by atoms with Gasteiger partial charge >= 0.3 is 5.97 Å². The highest BCUT2D eigenvalue weighted by atomic mass is 32.2. The van der Waals surface area contributed by atoms with Crippen LogP contribution in [-0.4, -0.2) is 32.5 Å². The minimum absolute atomic E-state index is 0.225. The molecule has 132 valence electrons. The number of Topliss-reactive ketones (excluding diaryl/α,β-unsaturated/α-hetero) is 1. The summed E-state index contributed by atoms with van der Waals surface area (Å²) in [6, 6.07) is 12.8. The first kappa shape index (κ1) is 18.7. The van der Waals surface area contributed by atoms with Crippen molar-refractivity contribution in [1.82, 2.24) is 0 Å². The number of aryl methyl sites for hydroxylation is 1. The van der Waals surface area contributed by atoms with E-state index in [1.54, 1.807) is 12.1 Å². The average molecular weight is 361 g/mol. The highest BCUT2D eigenvalue weighted by Crippen LogP contribution is 2.14. The number of sulfonamides is 1. The van der Waals surface area contributed by atoms with Crippen LogP contribution in [0.2, 0.25) is 0 Å². The van der Waals surface area contributed by atoms with Crippen LogP contribution in [0.15, 0.2) is 48.5 Å². The third-order valence-corrected chi connectivity index (χ3v) is 4.02. The lowest BCUT2D eigenvalue weighted by Gasteiger charge is -2.13. The number of hydrogen-bond donors (Lipinski definition) is 1. The van der Waals surface area contributed by atoms with Crippen LogP contribution in [-0.2, 0) is 14.8 Å². The molecular weight excluding hydrogens is 342 g/mol. The summed E-state index contributed by atoms with van der Waals surface area (Å²) in [7, 11) is -3.39. The zero-order chi connectivity index (χ0) is 18.6. The van der Waals surface area contributed by atoms with Crippen LogP contribution in [0.4, 0.5) is 5.69 Å². The highest BCUT2D eigenvalue weighted by Gasteiger charge is 2.20. The van der Waals surface area contributed by atoms with E-state index in [1.165, 1.54) is 31.2 Å². The number of ether oxygens (including phenoxy) is 1. The van der Waals surface area contributed by atoms with Gasteiger partial charge in [0.25, 0.3) is 0 Å². The van der Waals surface area contributed by atoms with Crippen molar-refractivity contribution < 1.29 is 22.7 Å². The van der Waals surface area contributed by atoms with Gasteiger partial charge in [-0.15, -0.1) is 0 Å². The largest absolute Gasteiger partial charge is 0.451 e. The molecule has 0 heterocycles. The van der Waals surface area contributed by atoms with E-state index < -0.39 is 22.1 Å². The normalized spacial score (nSPS) is 12.3. The SMILES string of the molecule is Cc1ccc(C(=O)C(C)OC(=O)c2ccc(NS(C)(=O)=O)cc2)cc1. The molecule has 1 N–H and O–H groups in total. The topological polar surface area (TPSA) is 89.5 Å². The van der Waals surface area contributed by atoms with Gasteiger partial charge in [-0.25, -0.2) is 13.2 Å². The van der Waals surface area contributed by atoms with E-state index in [1.807, 2.05) is 19.1 Å². The Morgan fingerprint density at radius 1 is 0.960 bits per heavy atom. The summed E-state index contributed by atoms with van der Waals surface area (Å²) in [5.41, 5.74) is 2.06. The molecule has 0 aliphatic rings. The smallest absolute Gasteiger partial charge is 0.338 e. The van der Waals surface area contributed by atoms with Gasteiger partial charge in [0.05, 0.1) is 11.8 Å². The molecule has 0 radical (unpaired) electrons. The molecule has 0 saturated heterocycles. The molecule has 0 bridgehead atoms. The molecule has 0 aliphatic carbocycles. The molecule has 0 amide bonds. The molecule has 0 saturated carbocycles. The number of carbonyl (C=O) groups is 2. The number of anilines is 1. The Morgan fingerprint density at radius 3 is 2.00 bits per heavy atom. The average Bonchev–Trinajstić information content (AvgIpc) is 2.54. The van der Waals surface area contributed by atoms with Gasteiger partial charge in [0.15, 0.2) is 6.10 Å². The minimum atomic E-state index is -3.39. The van der Waals surface area contributed by atoms with Crippen molar-refractivity contribution in [3.63, 3.8) is 0 Å². The first-order valence-corrected chi connectivity index (χ1v) is 9.44. The van der Waals surface area contributed by atoms with Crippen LogP contribution >= 0.6 is 0 Å². The number of benzene rings is 2. The first-order chi connectivity index (χ1) is 11.7. The van der Waals surface area contributed by atoms with Crippen molar-refractivity contribution in [2.75, 3.05) is 11.0 Å². The van der Waals surface area contributed by atoms with E-state index in [4.69, 9.17) is 4.74 Å². The second kappa shape index (κ2) is 7.48. The van der Waals surface area contributed by atoms with Crippen LogP contribution in [0.3, 0.4) is 0 Å². The van der Waals surface area contributed by atoms with Gasteiger partial charge in [0.1, 0.15) is 0 Å². The maximum Gasteiger partial charge on any atom is 0.338 e. The first-order valence-electron chi connectivity index (χ1n) is 7.55. The van der Waals surface area contributed by atoms with E-state index in [0.29, 0.717) is 11.3 Å². The molecular formula is C18H19NO5S. The van der Waals surface area contributed by atoms with Gasteiger partial charge in [-0.1, -0.05) is 29.8 Å². The molecule has 2 aromatic carbocycles. The predicted molar refractivity (Wildman–Crippen MR) is 95.3 cm³/mol. The lowest BCUT2D eigenvalue weighted by molar-refractivity contribution is 0.0319. The monoisotopic (exact) mass is 361 g/mol. The second-order valence-corrected chi connectivity index (χ2v) is 7.48. The zero-order valence-corrected chi connectivity index (χ0v) is 15.0. The summed E-state index contributed by atoms with van der Waals surface area (Å²) in [6.07, 6.45) is 0.108. The van der Waals surface area contributed by atoms with Crippen LogP contribution in [0.1, 0.15) is 33.2 Å². The van der Waals surface area contributed by atoms with Gasteiger partial charge in [0.2, 0.25) is 15.8 Å². The summed E-state index contributed by atoms with van der Waals surface area (Å²) in [6.45, 7) is 3.43. The zero-order valence-electron chi connectivity index (χ0n) is 14.1. The summed E-state index contributed by atoms with van der Waals surface area (Å²) in [5, 5.41) is 0. The molecule has 0 fully saturated rings. The van der Waals surface area contributed by atoms with Gasteiger partial charge in [0, 0.05) is 11.3 Å². The number of hydrogen-bond acceptors (Lipinski definition) is 5. The molecule has 0 aromatic heterocycles. The Bertz CT molecular complexity index is 871. The van der Waals surface area contributed by atoms with Crippen molar-refractivity contribution in [3.05, 3.63) is 65.2 Å². The van der Waals surface area contributed by atoms with Crippen molar-refractivity contribution in [3.8, 4) is 0 Å². The fourth-order valence-corrected chi connectivity index (χ4v) is 2.69. The summed E-state index contributed by atoms with van der Waals surface area (Å²) in [5.74, 6) is -0.942. The van der Waals surface area contributed by atoms with E-state index in [-0.39, 0.29) is 11.3 Å². The van der Waals surface area contributed by atoms with Gasteiger partial charge in [-0.05, 0) is 38.1 Å². The van der Waals surface area contributed by atoms with Crippen LogP contribution in [0.5, 0.6) is 0 Å². The lowest BCUT2D eigenvalue weighted by atomic mass is 10.1. The molecule has 0 aliphatic heterocycles. The Morgan fingerprint density at radius 2 is 1.48 bits per heavy atom. The number of esters is 1. The van der Waals surface area contributed by atoms with Crippen LogP contribution in [0.25, 0.3) is 0 Å². The van der Waals surface area contributed by atoms with Crippen molar-refractivity contribution in [2.24, 2.45) is 0 Å². The van der Waals surface area contributed by atoms with Gasteiger partial charge in [-0.2, -0.15) is 0 Å². The molecule has 2 rings (SSSR count). The molecule has 25 heavy (non-hydrogen) atoms. The second-order valence-electron chi connectivity index (χ2n) is 5.73. The molecule has 6 nitrogen and oxygen atoms in total. The van der Waals surface area contributed by atoms with E-state index >= 15 is 0 Å². The molecule has 1 atom stereocenters. The quantitative estimate of drug-likeness (QED) is 0.631. The molecule has 7 heteroatoms. The van der Waals surface area contributed by atoms with Crippen LogP contribution in [0, 0.1) is 6.92 Å². The molecule has 2 aromatic rings. The van der Waals surface area contributed by atoms with Crippen molar-refractivity contribution >= 4 is 27.5 Å². The number of rotatable bonds is 6. The third-order valence-electron chi connectivity index (χ3n) is 3.41. The Balaban J connectivity index is 2.03. The standard InChI is InChI=1S/C18H19NO5S/c1-12-4-6-14(7-5-12)17(20)13(2)24-18(21)15-8-10-16(11-9-15)19-25(3,22)23/h4-11,13,19H,1-3H3. The van der Waals surface area contributed by atoms with E-state index in [0.717, 1.165) is 11.8 Å². The summed E-state index contributed by atoms with van der Waals surface area (Å²) < 4.78 is 29.8.